The van der Waals surface area contributed by atoms with Crippen molar-refractivity contribution < 1.29 is 9.53 Å². The molecule has 2 aromatic carbocycles. The van der Waals surface area contributed by atoms with Gasteiger partial charge in [0.15, 0.2) is 6.29 Å². The Labute approximate surface area is 131 Å². The number of aromatic nitrogens is 1. The zero-order chi connectivity index (χ0) is 14.7. The molecule has 0 fully saturated rings. The topological polar surface area (TPSA) is 31.2 Å². The summed E-state index contributed by atoms with van der Waals surface area (Å²) in [5.74, 6) is 0.830. The maximum Gasteiger partial charge on any atom is 0.152 e. The van der Waals surface area contributed by atoms with E-state index in [1.807, 2.05) is 54.7 Å². The second kappa shape index (κ2) is 6.14. The first-order chi connectivity index (χ1) is 10.3. The van der Waals surface area contributed by atoms with E-state index in [0.717, 1.165) is 27.4 Å². The molecule has 0 N–H and O–H groups in total. The molecule has 21 heavy (non-hydrogen) atoms. The Kier molecular flexibility index (Phi) is 4.06. The van der Waals surface area contributed by atoms with Crippen molar-refractivity contribution in [3.05, 3.63) is 64.8 Å². The SMILES string of the molecule is O=Cc1cccc2ccn(CCOc3cccc(Br)c3)c12. The number of halogens is 1. The monoisotopic (exact) mass is 343 g/mol. The number of aldehydes is 1. The van der Waals surface area contributed by atoms with Gasteiger partial charge in [-0.3, -0.25) is 4.79 Å². The van der Waals surface area contributed by atoms with Crippen LogP contribution in [-0.2, 0) is 6.54 Å². The highest BCUT2D eigenvalue weighted by Gasteiger charge is 2.06. The van der Waals surface area contributed by atoms with E-state index < -0.39 is 0 Å². The Balaban J connectivity index is 1.75. The van der Waals surface area contributed by atoms with Crippen LogP contribution >= 0.6 is 15.9 Å². The van der Waals surface area contributed by atoms with Gasteiger partial charge in [-0.1, -0.05) is 34.1 Å². The highest BCUT2D eigenvalue weighted by atomic mass is 79.9. The quantitative estimate of drug-likeness (QED) is 0.647. The van der Waals surface area contributed by atoms with Crippen molar-refractivity contribution >= 4 is 33.1 Å². The van der Waals surface area contributed by atoms with Crippen molar-refractivity contribution in [3.63, 3.8) is 0 Å². The highest BCUT2D eigenvalue weighted by Crippen LogP contribution is 2.20. The van der Waals surface area contributed by atoms with Crippen LogP contribution in [0.1, 0.15) is 10.4 Å². The van der Waals surface area contributed by atoms with Gasteiger partial charge in [0.25, 0.3) is 0 Å². The van der Waals surface area contributed by atoms with Gasteiger partial charge < -0.3 is 9.30 Å². The molecule has 0 aliphatic carbocycles. The van der Waals surface area contributed by atoms with E-state index in [1.54, 1.807) is 0 Å². The summed E-state index contributed by atoms with van der Waals surface area (Å²) in [5, 5.41) is 1.07. The number of carbonyl (C=O) groups excluding carboxylic acids is 1. The molecule has 3 nitrogen and oxygen atoms in total. The van der Waals surface area contributed by atoms with Crippen LogP contribution in [0.15, 0.2) is 59.2 Å². The molecule has 4 heteroatoms. The molecule has 0 saturated heterocycles. The van der Waals surface area contributed by atoms with Crippen LogP contribution in [0.3, 0.4) is 0 Å². The van der Waals surface area contributed by atoms with Gasteiger partial charge in [0.2, 0.25) is 0 Å². The summed E-state index contributed by atoms with van der Waals surface area (Å²) in [6, 6.07) is 15.5. The number of nitrogens with zero attached hydrogens (tertiary/aromatic N) is 1. The summed E-state index contributed by atoms with van der Waals surface area (Å²) in [6.45, 7) is 1.24. The Morgan fingerprint density at radius 1 is 1.14 bits per heavy atom. The van der Waals surface area contributed by atoms with Gasteiger partial charge in [-0.05, 0) is 30.3 Å². The Bertz CT molecular complexity index is 779. The second-order valence-corrected chi connectivity index (χ2v) is 5.63. The summed E-state index contributed by atoms with van der Waals surface area (Å²) in [5.41, 5.74) is 1.67. The molecule has 106 valence electrons. The summed E-state index contributed by atoms with van der Waals surface area (Å²) < 4.78 is 8.79. The molecule has 3 rings (SSSR count). The van der Waals surface area contributed by atoms with Crippen LogP contribution in [0.5, 0.6) is 5.75 Å². The number of hydrogen-bond donors (Lipinski definition) is 0. The summed E-state index contributed by atoms with van der Waals surface area (Å²) >= 11 is 3.42. The lowest BCUT2D eigenvalue weighted by atomic mass is 10.1. The summed E-state index contributed by atoms with van der Waals surface area (Å²) in [7, 11) is 0. The van der Waals surface area contributed by atoms with Crippen molar-refractivity contribution in [1.29, 1.82) is 0 Å². The molecule has 3 aromatic rings. The van der Waals surface area contributed by atoms with Gasteiger partial charge in [-0.2, -0.15) is 0 Å². The molecule has 0 amide bonds. The van der Waals surface area contributed by atoms with E-state index in [4.69, 9.17) is 4.74 Å². The average molecular weight is 344 g/mol. The minimum absolute atomic E-state index is 0.549. The van der Waals surface area contributed by atoms with E-state index in [9.17, 15) is 4.79 Å². The fourth-order valence-corrected chi connectivity index (χ4v) is 2.77. The standard InChI is InChI=1S/C17H14BrNO2/c18-15-5-2-6-16(11-15)21-10-9-19-8-7-13-3-1-4-14(12-20)17(13)19/h1-8,11-12H,9-10H2. The van der Waals surface area contributed by atoms with Crippen molar-refractivity contribution in [1.82, 2.24) is 4.57 Å². The molecular weight excluding hydrogens is 330 g/mol. The maximum absolute atomic E-state index is 11.2. The van der Waals surface area contributed by atoms with Crippen LogP contribution in [0.4, 0.5) is 0 Å². The van der Waals surface area contributed by atoms with Crippen LogP contribution in [0.25, 0.3) is 10.9 Å². The number of rotatable bonds is 5. The van der Waals surface area contributed by atoms with Gasteiger partial charge in [-0.25, -0.2) is 0 Å². The summed E-state index contributed by atoms with van der Waals surface area (Å²) in [4.78, 5) is 11.2. The predicted molar refractivity (Wildman–Crippen MR) is 87.0 cm³/mol. The number of ether oxygens (including phenoxy) is 1. The third kappa shape index (κ3) is 3.00. The first-order valence-electron chi connectivity index (χ1n) is 6.69. The molecule has 0 saturated carbocycles. The summed E-state index contributed by atoms with van der Waals surface area (Å²) in [6.07, 6.45) is 2.88. The van der Waals surface area contributed by atoms with E-state index in [1.165, 1.54) is 0 Å². The number of benzene rings is 2. The second-order valence-electron chi connectivity index (χ2n) is 4.72. The minimum atomic E-state index is 0.549. The van der Waals surface area contributed by atoms with Gasteiger partial charge >= 0.3 is 0 Å². The van der Waals surface area contributed by atoms with Gasteiger partial charge in [0.05, 0.1) is 12.1 Å². The van der Waals surface area contributed by atoms with Crippen LogP contribution in [0, 0.1) is 0 Å². The van der Waals surface area contributed by atoms with Crippen LogP contribution < -0.4 is 4.74 Å². The van der Waals surface area contributed by atoms with Crippen molar-refractivity contribution in [2.24, 2.45) is 0 Å². The fraction of sp³-hybridized carbons (Fsp3) is 0.118. The van der Waals surface area contributed by atoms with Crippen molar-refractivity contribution in [2.75, 3.05) is 6.61 Å². The molecule has 1 heterocycles. The minimum Gasteiger partial charge on any atom is -0.492 e. The first kappa shape index (κ1) is 13.9. The predicted octanol–water partition coefficient (Wildman–Crippen LogP) is 4.30. The Morgan fingerprint density at radius 2 is 2.00 bits per heavy atom. The van der Waals surface area contributed by atoms with E-state index in [-0.39, 0.29) is 0 Å². The normalized spacial score (nSPS) is 10.7. The van der Waals surface area contributed by atoms with Crippen LogP contribution in [0.2, 0.25) is 0 Å². The first-order valence-corrected chi connectivity index (χ1v) is 7.48. The average Bonchev–Trinajstić information content (AvgIpc) is 2.91. The third-order valence-corrected chi connectivity index (χ3v) is 3.84. The smallest absolute Gasteiger partial charge is 0.152 e. The number of hydrogen-bond acceptors (Lipinski definition) is 2. The van der Waals surface area contributed by atoms with E-state index in [0.29, 0.717) is 18.7 Å². The molecule has 0 spiro atoms. The largest absolute Gasteiger partial charge is 0.492 e. The van der Waals surface area contributed by atoms with Crippen LogP contribution in [-0.4, -0.2) is 17.5 Å². The van der Waals surface area contributed by atoms with Gasteiger partial charge in [0, 0.05) is 21.6 Å². The molecule has 0 atom stereocenters. The Morgan fingerprint density at radius 3 is 2.81 bits per heavy atom. The maximum atomic E-state index is 11.2. The van der Waals surface area contributed by atoms with E-state index >= 15 is 0 Å². The number of para-hydroxylation sites is 1. The number of fused-ring (bicyclic) bond motifs is 1. The third-order valence-electron chi connectivity index (χ3n) is 3.34. The molecule has 1 aromatic heterocycles. The van der Waals surface area contributed by atoms with Gasteiger partial charge in [0.1, 0.15) is 12.4 Å². The molecule has 0 aliphatic heterocycles. The molecule has 0 bridgehead atoms. The zero-order valence-corrected chi connectivity index (χ0v) is 12.9. The lowest BCUT2D eigenvalue weighted by molar-refractivity contribution is 0.112. The lowest BCUT2D eigenvalue weighted by Crippen LogP contribution is -2.08. The van der Waals surface area contributed by atoms with Crippen molar-refractivity contribution in [2.45, 2.75) is 6.54 Å². The lowest BCUT2D eigenvalue weighted by Gasteiger charge is -2.09. The van der Waals surface area contributed by atoms with Gasteiger partial charge in [-0.15, -0.1) is 0 Å². The molecular formula is C17H14BrNO2. The van der Waals surface area contributed by atoms with E-state index in [2.05, 4.69) is 20.5 Å². The van der Waals surface area contributed by atoms with Crippen molar-refractivity contribution in [3.8, 4) is 5.75 Å². The molecule has 0 radical (unpaired) electrons. The highest BCUT2D eigenvalue weighted by molar-refractivity contribution is 9.10. The Hall–Kier alpha value is -2.07. The fourth-order valence-electron chi connectivity index (χ4n) is 2.39. The number of carbonyl (C=O) groups is 1. The molecule has 0 unspecified atom stereocenters. The zero-order valence-electron chi connectivity index (χ0n) is 11.3. The molecule has 0 aliphatic rings.